The number of nitriles is 1. The maximum atomic E-state index is 12.2. The average Bonchev–Trinajstić information content (AvgIpc) is 2.27. The van der Waals surface area contributed by atoms with Crippen molar-refractivity contribution in [2.45, 2.75) is 19.4 Å². The third-order valence-corrected chi connectivity index (χ3v) is 2.10. The summed E-state index contributed by atoms with van der Waals surface area (Å²) in [6, 6.07) is 6.28. The van der Waals surface area contributed by atoms with Crippen LogP contribution in [0.5, 0.6) is 0 Å². The van der Waals surface area contributed by atoms with Gasteiger partial charge in [-0.15, -0.1) is 0 Å². The fourth-order valence-electron chi connectivity index (χ4n) is 1.45. The molecular formula is C11H11F4N3. The predicted octanol–water partition coefficient (Wildman–Crippen LogP) is 2.29. The number of nitrogens with zero attached hydrogens (tertiary/aromatic N) is 3. The first-order chi connectivity index (χ1) is 8.51. The zero-order valence-corrected chi connectivity index (χ0v) is 9.36. The molecule has 1 heterocycles. The van der Waals surface area contributed by atoms with Crippen molar-refractivity contribution in [3.8, 4) is 6.07 Å². The van der Waals surface area contributed by atoms with E-state index in [-0.39, 0.29) is 12.2 Å². The van der Waals surface area contributed by atoms with Gasteiger partial charge in [0.2, 0.25) is 0 Å². The van der Waals surface area contributed by atoms with Gasteiger partial charge in [-0.25, -0.2) is 22.5 Å². The highest BCUT2D eigenvalue weighted by Gasteiger charge is 2.17. The van der Waals surface area contributed by atoms with Gasteiger partial charge in [0.05, 0.1) is 18.8 Å². The fraction of sp³-hybridized carbons (Fsp3) is 0.455. The van der Waals surface area contributed by atoms with Crippen molar-refractivity contribution in [3.05, 3.63) is 29.6 Å². The van der Waals surface area contributed by atoms with Crippen molar-refractivity contribution in [2.24, 2.45) is 0 Å². The van der Waals surface area contributed by atoms with E-state index in [1.54, 1.807) is 6.07 Å². The molecule has 98 valence electrons. The Balaban J connectivity index is 2.72. The molecule has 0 aliphatic heterocycles. The van der Waals surface area contributed by atoms with Gasteiger partial charge in [0.25, 0.3) is 12.9 Å². The molecular weight excluding hydrogens is 250 g/mol. The van der Waals surface area contributed by atoms with Crippen LogP contribution in [0.25, 0.3) is 0 Å². The Morgan fingerprint density at radius 3 is 2.28 bits per heavy atom. The molecule has 0 N–H and O–H groups in total. The van der Waals surface area contributed by atoms with E-state index in [2.05, 4.69) is 4.98 Å². The number of halogens is 4. The van der Waals surface area contributed by atoms with E-state index in [0.29, 0.717) is 5.69 Å². The molecule has 0 aromatic carbocycles. The van der Waals surface area contributed by atoms with Crippen molar-refractivity contribution >= 4 is 0 Å². The van der Waals surface area contributed by atoms with Gasteiger partial charge in [0, 0.05) is 6.54 Å². The monoisotopic (exact) mass is 261 g/mol. The highest BCUT2D eigenvalue weighted by atomic mass is 19.3. The Bertz CT molecular complexity index is 407. The summed E-state index contributed by atoms with van der Waals surface area (Å²) in [5, 5.41) is 8.62. The van der Waals surface area contributed by atoms with Crippen molar-refractivity contribution in [1.82, 2.24) is 9.88 Å². The minimum Gasteiger partial charge on any atom is -0.286 e. The molecule has 0 atom stereocenters. The lowest BCUT2D eigenvalue weighted by molar-refractivity contribution is 0.0386. The van der Waals surface area contributed by atoms with Gasteiger partial charge in [0.1, 0.15) is 11.8 Å². The van der Waals surface area contributed by atoms with Gasteiger partial charge in [-0.05, 0) is 12.1 Å². The lowest BCUT2D eigenvalue weighted by Gasteiger charge is -2.20. The van der Waals surface area contributed by atoms with E-state index >= 15 is 0 Å². The summed E-state index contributed by atoms with van der Waals surface area (Å²) in [5.41, 5.74) is 0.442. The normalized spacial score (nSPS) is 11.2. The Labute approximate surface area is 102 Å². The second-order valence-electron chi connectivity index (χ2n) is 3.60. The molecule has 0 radical (unpaired) electrons. The number of rotatable bonds is 6. The molecule has 1 aromatic heterocycles. The highest BCUT2D eigenvalue weighted by molar-refractivity contribution is 5.22. The van der Waals surface area contributed by atoms with Crippen molar-refractivity contribution in [2.75, 3.05) is 13.1 Å². The maximum absolute atomic E-state index is 12.2. The van der Waals surface area contributed by atoms with Crippen LogP contribution < -0.4 is 0 Å². The predicted molar refractivity (Wildman–Crippen MR) is 56.2 cm³/mol. The minimum absolute atomic E-state index is 0.126. The molecule has 0 spiro atoms. The maximum Gasteiger partial charge on any atom is 0.251 e. The smallest absolute Gasteiger partial charge is 0.251 e. The van der Waals surface area contributed by atoms with Crippen molar-refractivity contribution in [3.63, 3.8) is 0 Å². The first-order valence-corrected chi connectivity index (χ1v) is 5.16. The molecule has 1 aromatic rings. The molecule has 7 heteroatoms. The number of alkyl halides is 4. The summed E-state index contributed by atoms with van der Waals surface area (Å²) in [7, 11) is 0. The quantitative estimate of drug-likeness (QED) is 0.737. The number of hydrogen-bond acceptors (Lipinski definition) is 3. The molecule has 0 fully saturated rings. The van der Waals surface area contributed by atoms with Crippen LogP contribution in [-0.4, -0.2) is 35.8 Å². The van der Waals surface area contributed by atoms with E-state index in [1.807, 2.05) is 0 Å². The van der Waals surface area contributed by atoms with Crippen LogP contribution >= 0.6 is 0 Å². The number of pyridine rings is 1. The Morgan fingerprint density at radius 2 is 1.78 bits per heavy atom. The lowest BCUT2D eigenvalue weighted by atomic mass is 10.3. The fourth-order valence-corrected chi connectivity index (χ4v) is 1.45. The van der Waals surface area contributed by atoms with Crippen LogP contribution in [0.4, 0.5) is 17.6 Å². The van der Waals surface area contributed by atoms with E-state index < -0.39 is 25.9 Å². The molecule has 3 nitrogen and oxygen atoms in total. The number of aromatic nitrogens is 1. The second-order valence-corrected chi connectivity index (χ2v) is 3.60. The largest absolute Gasteiger partial charge is 0.286 e. The van der Waals surface area contributed by atoms with Gasteiger partial charge in [-0.2, -0.15) is 5.26 Å². The summed E-state index contributed by atoms with van der Waals surface area (Å²) in [5.74, 6) is 0. The van der Waals surface area contributed by atoms with Crippen LogP contribution in [0.3, 0.4) is 0 Å². The average molecular weight is 261 g/mol. The Kier molecular flexibility index (Phi) is 5.52. The van der Waals surface area contributed by atoms with Gasteiger partial charge in [-0.1, -0.05) is 6.07 Å². The number of hydrogen-bond donors (Lipinski definition) is 0. The van der Waals surface area contributed by atoms with E-state index in [4.69, 9.17) is 5.26 Å². The molecule has 0 aliphatic rings. The van der Waals surface area contributed by atoms with E-state index in [0.717, 1.165) is 4.90 Å². The van der Waals surface area contributed by atoms with Crippen LogP contribution in [0.15, 0.2) is 18.2 Å². The topological polar surface area (TPSA) is 39.9 Å². The Morgan fingerprint density at radius 1 is 1.17 bits per heavy atom. The molecule has 1 rings (SSSR count). The van der Waals surface area contributed by atoms with E-state index in [9.17, 15) is 17.6 Å². The van der Waals surface area contributed by atoms with Crippen LogP contribution in [0.1, 0.15) is 11.4 Å². The van der Waals surface area contributed by atoms with Gasteiger partial charge in [-0.3, -0.25) is 4.90 Å². The summed E-state index contributed by atoms with van der Waals surface area (Å²) in [6.07, 6.45) is -5.38. The van der Waals surface area contributed by atoms with Crippen LogP contribution in [0, 0.1) is 11.3 Å². The molecule has 0 bridgehead atoms. The van der Waals surface area contributed by atoms with Crippen molar-refractivity contribution < 1.29 is 17.6 Å². The van der Waals surface area contributed by atoms with Gasteiger partial charge >= 0.3 is 0 Å². The van der Waals surface area contributed by atoms with Gasteiger partial charge < -0.3 is 0 Å². The minimum atomic E-state index is -2.69. The second kappa shape index (κ2) is 6.91. The SMILES string of the molecule is N#Cc1cccc(CN(CC(F)F)CC(F)F)n1. The molecule has 18 heavy (non-hydrogen) atoms. The lowest BCUT2D eigenvalue weighted by Crippen LogP contribution is -2.33. The molecule has 0 unspecified atom stereocenters. The van der Waals surface area contributed by atoms with Crippen molar-refractivity contribution in [1.29, 1.82) is 5.26 Å². The summed E-state index contributed by atoms with van der Waals surface area (Å²) in [4.78, 5) is 4.77. The summed E-state index contributed by atoms with van der Waals surface area (Å²) < 4.78 is 48.9. The van der Waals surface area contributed by atoms with Crippen LogP contribution in [0.2, 0.25) is 0 Å². The zero-order chi connectivity index (χ0) is 13.5. The third-order valence-electron chi connectivity index (χ3n) is 2.10. The third kappa shape index (κ3) is 5.10. The molecule has 0 saturated heterocycles. The first kappa shape index (κ1) is 14.4. The molecule has 0 saturated carbocycles. The van der Waals surface area contributed by atoms with Crippen LogP contribution in [-0.2, 0) is 6.54 Å². The van der Waals surface area contributed by atoms with Gasteiger partial charge in [0.15, 0.2) is 0 Å². The van der Waals surface area contributed by atoms with E-state index in [1.165, 1.54) is 18.2 Å². The summed E-state index contributed by atoms with van der Waals surface area (Å²) in [6.45, 7) is -1.63. The standard InChI is InChI=1S/C11H11F4N3/c12-10(13)6-18(7-11(14)15)5-9-3-1-2-8(4-16)17-9/h1-3,10-11H,5-7H2. The first-order valence-electron chi connectivity index (χ1n) is 5.16. The highest BCUT2D eigenvalue weighted by Crippen LogP contribution is 2.08. The Hall–Kier alpha value is -1.68. The summed E-state index contributed by atoms with van der Waals surface area (Å²) >= 11 is 0. The molecule has 0 aliphatic carbocycles. The zero-order valence-electron chi connectivity index (χ0n) is 9.36. The molecule has 0 amide bonds.